The number of rotatable bonds is 4. The van der Waals surface area contributed by atoms with E-state index in [-0.39, 0.29) is 6.10 Å². The Balaban J connectivity index is 2.30. The van der Waals surface area contributed by atoms with Gasteiger partial charge in [-0.05, 0) is 24.6 Å². The molecular formula is C15H21ClO3. The van der Waals surface area contributed by atoms with Crippen molar-refractivity contribution in [2.45, 2.75) is 44.3 Å². The van der Waals surface area contributed by atoms with E-state index in [2.05, 4.69) is 6.92 Å². The van der Waals surface area contributed by atoms with Gasteiger partial charge in [0.05, 0.1) is 25.4 Å². The van der Waals surface area contributed by atoms with Crippen LogP contribution in [0, 0.1) is 0 Å². The molecule has 1 heterocycles. The number of ether oxygens (including phenoxy) is 2. The molecule has 1 N–H and O–H groups in total. The maximum atomic E-state index is 11.0. The van der Waals surface area contributed by atoms with Gasteiger partial charge in [0.2, 0.25) is 0 Å². The summed E-state index contributed by atoms with van der Waals surface area (Å²) in [6.45, 7) is 2.69. The lowest BCUT2D eigenvalue weighted by Gasteiger charge is -2.38. The molecule has 4 heteroatoms. The summed E-state index contributed by atoms with van der Waals surface area (Å²) in [4.78, 5) is 0. The quantitative estimate of drug-likeness (QED) is 0.919. The lowest BCUT2D eigenvalue weighted by molar-refractivity contribution is -0.110. The van der Waals surface area contributed by atoms with Crippen LogP contribution >= 0.6 is 11.6 Å². The van der Waals surface area contributed by atoms with Crippen molar-refractivity contribution in [3.05, 3.63) is 28.8 Å². The van der Waals surface area contributed by atoms with Crippen LogP contribution in [0.1, 0.15) is 38.2 Å². The van der Waals surface area contributed by atoms with Gasteiger partial charge in [-0.1, -0.05) is 24.9 Å². The van der Waals surface area contributed by atoms with Crippen LogP contribution in [0.2, 0.25) is 5.02 Å². The van der Waals surface area contributed by atoms with Gasteiger partial charge in [0.25, 0.3) is 0 Å². The highest BCUT2D eigenvalue weighted by Gasteiger charge is 2.38. The molecule has 1 saturated heterocycles. The molecule has 0 aliphatic carbocycles. The van der Waals surface area contributed by atoms with E-state index in [0.29, 0.717) is 30.2 Å². The minimum absolute atomic E-state index is 0.104. The van der Waals surface area contributed by atoms with Gasteiger partial charge in [-0.2, -0.15) is 0 Å². The SMILES string of the molecule is CCCC1CC(O)(c2cc(Cl)ccc2OC)CCO1. The minimum atomic E-state index is -0.908. The zero-order valence-corrected chi connectivity index (χ0v) is 12.2. The van der Waals surface area contributed by atoms with E-state index >= 15 is 0 Å². The van der Waals surface area contributed by atoms with Crippen LogP contribution in [-0.2, 0) is 10.3 Å². The molecule has 0 amide bonds. The van der Waals surface area contributed by atoms with Crippen molar-refractivity contribution < 1.29 is 14.6 Å². The molecule has 0 saturated carbocycles. The number of hydrogen-bond donors (Lipinski definition) is 1. The molecule has 19 heavy (non-hydrogen) atoms. The third kappa shape index (κ3) is 3.22. The fourth-order valence-electron chi connectivity index (χ4n) is 2.73. The summed E-state index contributed by atoms with van der Waals surface area (Å²) in [5.74, 6) is 0.684. The van der Waals surface area contributed by atoms with Crippen LogP contribution in [-0.4, -0.2) is 24.9 Å². The fraction of sp³-hybridized carbons (Fsp3) is 0.600. The highest BCUT2D eigenvalue weighted by atomic mass is 35.5. The summed E-state index contributed by atoms with van der Waals surface area (Å²) >= 11 is 6.05. The second kappa shape index (κ2) is 6.12. The summed E-state index contributed by atoms with van der Waals surface area (Å²) in [6.07, 6.45) is 3.28. The lowest BCUT2D eigenvalue weighted by Crippen LogP contribution is -2.38. The van der Waals surface area contributed by atoms with Crippen molar-refractivity contribution in [2.75, 3.05) is 13.7 Å². The van der Waals surface area contributed by atoms with Gasteiger partial charge in [-0.25, -0.2) is 0 Å². The second-order valence-corrected chi connectivity index (χ2v) is 5.55. The molecule has 3 nitrogen and oxygen atoms in total. The predicted molar refractivity (Wildman–Crippen MR) is 75.8 cm³/mol. The van der Waals surface area contributed by atoms with E-state index in [1.54, 1.807) is 25.3 Å². The van der Waals surface area contributed by atoms with Crippen molar-refractivity contribution in [3.8, 4) is 5.75 Å². The van der Waals surface area contributed by atoms with Gasteiger partial charge in [0.15, 0.2) is 0 Å². The summed E-state index contributed by atoms with van der Waals surface area (Å²) in [7, 11) is 1.61. The Morgan fingerprint density at radius 2 is 2.32 bits per heavy atom. The van der Waals surface area contributed by atoms with Gasteiger partial charge in [0, 0.05) is 23.4 Å². The number of aliphatic hydroxyl groups is 1. The fourth-order valence-corrected chi connectivity index (χ4v) is 2.90. The maximum absolute atomic E-state index is 11.0. The Labute approximate surface area is 119 Å². The highest BCUT2D eigenvalue weighted by molar-refractivity contribution is 6.30. The molecule has 1 aromatic carbocycles. The van der Waals surface area contributed by atoms with Gasteiger partial charge < -0.3 is 14.6 Å². The van der Waals surface area contributed by atoms with Crippen LogP contribution in [0.25, 0.3) is 0 Å². The minimum Gasteiger partial charge on any atom is -0.496 e. The summed E-state index contributed by atoms with van der Waals surface area (Å²) in [5, 5.41) is 11.6. The number of hydrogen-bond acceptors (Lipinski definition) is 3. The first-order valence-electron chi connectivity index (χ1n) is 6.77. The molecule has 1 aromatic rings. The van der Waals surface area contributed by atoms with E-state index in [0.717, 1.165) is 18.4 Å². The topological polar surface area (TPSA) is 38.7 Å². The molecule has 2 rings (SSSR count). The Morgan fingerprint density at radius 1 is 1.53 bits per heavy atom. The van der Waals surface area contributed by atoms with Crippen molar-refractivity contribution in [3.63, 3.8) is 0 Å². The highest BCUT2D eigenvalue weighted by Crippen LogP contribution is 2.41. The average molecular weight is 285 g/mol. The van der Waals surface area contributed by atoms with Gasteiger partial charge >= 0.3 is 0 Å². The molecule has 1 aliphatic heterocycles. The van der Waals surface area contributed by atoms with Crippen molar-refractivity contribution in [1.82, 2.24) is 0 Å². The molecule has 1 aliphatic rings. The summed E-state index contributed by atoms with van der Waals surface area (Å²) in [6, 6.07) is 5.38. The van der Waals surface area contributed by atoms with E-state index in [9.17, 15) is 5.11 Å². The third-order valence-corrected chi connectivity index (χ3v) is 3.94. The van der Waals surface area contributed by atoms with Gasteiger partial charge in [0.1, 0.15) is 5.75 Å². The van der Waals surface area contributed by atoms with E-state index in [1.807, 2.05) is 0 Å². The summed E-state index contributed by atoms with van der Waals surface area (Å²) in [5.41, 5.74) is -0.138. The Kier molecular flexibility index (Phi) is 4.71. The van der Waals surface area contributed by atoms with Crippen LogP contribution in [0.15, 0.2) is 18.2 Å². The molecule has 2 atom stereocenters. The lowest BCUT2D eigenvalue weighted by atomic mass is 9.82. The van der Waals surface area contributed by atoms with Crippen LogP contribution in [0.4, 0.5) is 0 Å². The van der Waals surface area contributed by atoms with E-state index in [1.165, 1.54) is 0 Å². The number of benzene rings is 1. The molecule has 0 spiro atoms. The Hall–Kier alpha value is -0.770. The van der Waals surface area contributed by atoms with Crippen LogP contribution in [0.5, 0.6) is 5.75 Å². The number of halogens is 1. The molecular weight excluding hydrogens is 264 g/mol. The molecule has 1 fully saturated rings. The van der Waals surface area contributed by atoms with Gasteiger partial charge in [-0.3, -0.25) is 0 Å². The average Bonchev–Trinajstić information content (AvgIpc) is 2.39. The maximum Gasteiger partial charge on any atom is 0.125 e. The van der Waals surface area contributed by atoms with Crippen LogP contribution in [0.3, 0.4) is 0 Å². The Morgan fingerprint density at radius 3 is 3.00 bits per heavy atom. The molecule has 106 valence electrons. The monoisotopic (exact) mass is 284 g/mol. The second-order valence-electron chi connectivity index (χ2n) is 5.11. The van der Waals surface area contributed by atoms with E-state index < -0.39 is 5.60 Å². The Bertz CT molecular complexity index is 433. The normalized spacial score (nSPS) is 27.3. The van der Waals surface area contributed by atoms with Crippen molar-refractivity contribution >= 4 is 11.6 Å². The van der Waals surface area contributed by atoms with Crippen molar-refractivity contribution in [1.29, 1.82) is 0 Å². The molecule has 0 aromatic heterocycles. The van der Waals surface area contributed by atoms with Crippen molar-refractivity contribution in [2.24, 2.45) is 0 Å². The zero-order chi connectivity index (χ0) is 13.9. The number of methoxy groups -OCH3 is 1. The predicted octanol–water partition coefficient (Wildman–Crippen LogP) is 3.52. The molecule has 2 unspecified atom stereocenters. The van der Waals surface area contributed by atoms with E-state index in [4.69, 9.17) is 21.1 Å². The molecule has 0 bridgehead atoms. The van der Waals surface area contributed by atoms with Gasteiger partial charge in [-0.15, -0.1) is 0 Å². The summed E-state index contributed by atoms with van der Waals surface area (Å²) < 4.78 is 11.1. The molecule has 0 radical (unpaired) electrons. The first-order chi connectivity index (χ1) is 9.09. The first kappa shape index (κ1) is 14.6. The van der Waals surface area contributed by atoms with Crippen LogP contribution < -0.4 is 4.74 Å². The smallest absolute Gasteiger partial charge is 0.125 e. The standard InChI is InChI=1S/C15H21ClO3/c1-3-4-12-10-15(17,7-8-19-12)13-9-11(16)5-6-14(13)18-2/h5-6,9,12,17H,3-4,7-8,10H2,1-2H3. The first-order valence-corrected chi connectivity index (χ1v) is 7.15. The largest absolute Gasteiger partial charge is 0.496 e. The third-order valence-electron chi connectivity index (χ3n) is 3.71. The zero-order valence-electron chi connectivity index (χ0n) is 11.5.